The summed E-state index contributed by atoms with van der Waals surface area (Å²) in [7, 11) is 0. The molecule has 1 aliphatic heterocycles. The molecular weight excluding hydrogens is 214 g/mol. The highest BCUT2D eigenvalue weighted by Crippen LogP contribution is 2.28. The fraction of sp³-hybridized carbons (Fsp3) is 0.500. The van der Waals surface area contributed by atoms with Crippen LogP contribution in [0.15, 0.2) is 24.3 Å². The van der Waals surface area contributed by atoms with Gasteiger partial charge in [-0.05, 0) is 24.5 Å². The number of hydrogen-bond donors (Lipinski definition) is 0. The molecule has 92 valence electrons. The molecule has 1 amide bonds. The molecule has 0 saturated carbocycles. The number of nitrogens with zero attached hydrogens (tertiary/aromatic N) is 1. The number of carbonyl (C=O) groups is 1. The maximum absolute atomic E-state index is 12.3. The molecule has 0 aromatic heterocycles. The van der Waals surface area contributed by atoms with Crippen LogP contribution in [-0.4, -0.2) is 12.5 Å². The maximum atomic E-state index is 12.3. The number of rotatable bonds is 3. The number of carbonyl (C=O) groups excluding carboxylic acids is 1. The Hall–Kier alpha value is -1.35. The first-order chi connectivity index (χ1) is 8.27. The van der Waals surface area contributed by atoms with Gasteiger partial charge in [0, 0.05) is 12.3 Å². The van der Waals surface area contributed by atoms with Gasteiger partial charge in [0.25, 0.3) is 5.91 Å². The largest absolute Gasteiger partial charge is 0.272 e. The van der Waals surface area contributed by atoms with Crippen LogP contribution in [0.25, 0.3) is 0 Å². The van der Waals surface area contributed by atoms with Crippen molar-refractivity contribution in [2.75, 3.05) is 11.7 Å². The minimum atomic E-state index is 0.0566. The van der Waals surface area contributed by atoms with E-state index in [1.807, 2.05) is 32.0 Å². The Morgan fingerprint density at radius 3 is 2.76 bits per heavy atom. The van der Waals surface area contributed by atoms with Crippen LogP contribution in [-0.2, 0) is 16.1 Å². The van der Waals surface area contributed by atoms with Crippen LogP contribution in [0.4, 0.5) is 5.69 Å². The fourth-order valence-corrected chi connectivity index (χ4v) is 2.22. The lowest BCUT2D eigenvalue weighted by Gasteiger charge is -2.30. The third kappa shape index (κ3) is 2.34. The summed E-state index contributed by atoms with van der Waals surface area (Å²) in [6.07, 6.45) is 2.59. The zero-order valence-corrected chi connectivity index (χ0v) is 10.5. The number of amides is 1. The van der Waals surface area contributed by atoms with E-state index in [0.717, 1.165) is 24.9 Å². The van der Waals surface area contributed by atoms with Gasteiger partial charge in [-0.2, -0.15) is 5.06 Å². The van der Waals surface area contributed by atoms with Gasteiger partial charge in [0.1, 0.15) is 0 Å². The van der Waals surface area contributed by atoms with Crippen LogP contribution in [0, 0.1) is 5.92 Å². The van der Waals surface area contributed by atoms with Crippen LogP contribution in [0.1, 0.15) is 32.3 Å². The summed E-state index contributed by atoms with van der Waals surface area (Å²) in [5.74, 6) is 0.142. The topological polar surface area (TPSA) is 29.5 Å². The Kier molecular flexibility index (Phi) is 3.79. The Morgan fingerprint density at radius 2 is 2.06 bits per heavy atom. The molecule has 3 heteroatoms. The van der Waals surface area contributed by atoms with Crippen molar-refractivity contribution in [2.24, 2.45) is 5.92 Å². The van der Waals surface area contributed by atoms with Gasteiger partial charge in [-0.25, -0.2) is 0 Å². The lowest BCUT2D eigenvalue weighted by molar-refractivity contribution is -0.130. The van der Waals surface area contributed by atoms with E-state index in [1.54, 1.807) is 0 Å². The molecule has 2 rings (SSSR count). The van der Waals surface area contributed by atoms with Crippen molar-refractivity contribution in [1.82, 2.24) is 0 Å². The molecule has 1 aliphatic rings. The first-order valence-electron chi connectivity index (χ1n) is 6.32. The van der Waals surface area contributed by atoms with E-state index in [0.29, 0.717) is 6.61 Å². The van der Waals surface area contributed by atoms with Gasteiger partial charge in [0.05, 0.1) is 12.3 Å². The summed E-state index contributed by atoms with van der Waals surface area (Å²) < 4.78 is 0. The Morgan fingerprint density at radius 1 is 1.35 bits per heavy atom. The van der Waals surface area contributed by atoms with E-state index in [4.69, 9.17) is 4.84 Å². The summed E-state index contributed by atoms with van der Waals surface area (Å²) in [4.78, 5) is 17.9. The van der Waals surface area contributed by atoms with Gasteiger partial charge < -0.3 is 0 Å². The lowest BCUT2D eigenvalue weighted by Crippen LogP contribution is -2.39. The monoisotopic (exact) mass is 233 g/mol. The molecule has 1 heterocycles. The highest BCUT2D eigenvalue weighted by atomic mass is 16.7. The number of para-hydroxylation sites is 1. The Bertz CT molecular complexity index is 399. The van der Waals surface area contributed by atoms with Crippen molar-refractivity contribution in [1.29, 1.82) is 0 Å². The molecular formula is C14H19NO2. The molecule has 0 N–H and O–H groups in total. The smallest absolute Gasteiger partial charge is 0.253 e. The summed E-state index contributed by atoms with van der Waals surface area (Å²) in [6.45, 7) is 4.67. The predicted molar refractivity (Wildman–Crippen MR) is 67.7 cm³/mol. The van der Waals surface area contributed by atoms with Crippen molar-refractivity contribution in [3.63, 3.8) is 0 Å². The minimum absolute atomic E-state index is 0.0566. The second kappa shape index (κ2) is 5.32. The third-order valence-electron chi connectivity index (χ3n) is 3.34. The van der Waals surface area contributed by atoms with Crippen LogP contribution < -0.4 is 5.06 Å². The van der Waals surface area contributed by atoms with Gasteiger partial charge in [-0.1, -0.05) is 32.0 Å². The summed E-state index contributed by atoms with van der Waals surface area (Å²) in [5.41, 5.74) is 2.11. The minimum Gasteiger partial charge on any atom is -0.272 e. The number of benzene rings is 1. The van der Waals surface area contributed by atoms with Crippen molar-refractivity contribution < 1.29 is 9.63 Å². The van der Waals surface area contributed by atoms with Crippen LogP contribution in [0.3, 0.4) is 0 Å². The quantitative estimate of drug-likeness (QED) is 0.803. The number of hydrogen-bond acceptors (Lipinski definition) is 2. The lowest BCUT2D eigenvalue weighted by atomic mass is 10.0. The zero-order valence-electron chi connectivity index (χ0n) is 10.5. The second-order valence-electron chi connectivity index (χ2n) is 4.36. The first kappa shape index (κ1) is 12.1. The van der Waals surface area contributed by atoms with Crippen molar-refractivity contribution in [3.05, 3.63) is 29.8 Å². The number of anilines is 1. The van der Waals surface area contributed by atoms with Gasteiger partial charge in [-0.15, -0.1) is 0 Å². The van der Waals surface area contributed by atoms with Crippen LogP contribution in [0.2, 0.25) is 0 Å². The molecule has 3 nitrogen and oxygen atoms in total. The van der Waals surface area contributed by atoms with E-state index in [-0.39, 0.29) is 11.8 Å². The molecule has 0 bridgehead atoms. The normalized spacial score (nSPS) is 14.9. The SMILES string of the molecule is CCC(CC)C(=O)N1OCCc2ccccc21. The molecule has 0 unspecified atom stereocenters. The highest BCUT2D eigenvalue weighted by Gasteiger charge is 2.27. The van der Waals surface area contributed by atoms with Crippen molar-refractivity contribution in [3.8, 4) is 0 Å². The Labute approximate surface area is 102 Å². The predicted octanol–water partition coefficient (Wildman–Crippen LogP) is 2.94. The van der Waals surface area contributed by atoms with E-state index in [9.17, 15) is 4.79 Å². The van der Waals surface area contributed by atoms with Gasteiger partial charge in [-0.3, -0.25) is 9.63 Å². The standard InChI is InChI=1S/C14H19NO2/c1-3-11(4-2)14(16)15-13-8-6-5-7-12(13)9-10-17-15/h5-8,11H,3-4,9-10H2,1-2H3. The molecule has 1 aromatic rings. The highest BCUT2D eigenvalue weighted by molar-refractivity contribution is 5.94. The number of hydroxylamine groups is 1. The van der Waals surface area contributed by atoms with Crippen molar-refractivity contribution in [2.45, 2.75) is 33.1 Å². The molecule has 0 radical (unpaired) electrons. The summed E-state index contributed by atoms with van der Waals surface area (Å²) in [5, 5.41) is 1.50. The summed E-state index contributed by atoms with van der Waals surface area (Å²) in [6, 6.07) is 7.96. The Balaban J connectivity index is 2.26. The van der Waals surface area contributed by atoms with Gasteiger partial charge >= 0.3 is 0 Å². The molecule has 0 aliphatic carbocycles. The summed E-state index contributed by atoms with van der Waals surface area (Å²) >= 11 is 0. The van der Waals surface area contributed by atoms with Crippen LogP contribution in [0.5, 0.6) is 0 Å². The van der Waals surface area contributed by atoms with Gasteiger partial charge in [0.2, 0.25) is 0 Å². The first-order valence-corrected chi connectivity index (χ1v) is 6.32. The molecule has 17 heavy (non-hydrogen) atoms. The fourth-order valence-electron chi connectivity index (χ4n) is 2.22. The number of fused-ring (bicyclic) bond motifs is 1. The molecule has 0 saturated heterocycles. The molecule has 0 spiro atoms. The van der Waals surface area contributed by atoms with Crippen molar-refractivity contribution >= 4 is 11.6 Å². The van der Waals surface area contributed by atoms with Gasteiger partial charge in [0.15, 0.2) is 0 Å². The zero-order chi connectivity index (χ0) is 12.3. The third-order valence-corrected chi connectivity index (χ3v) is 3.34. The van der Waals surface area contributed by atoms with E-state index in [2.05, 4.69) is 6.07 Å². The average molecular weight is 233 g/mol. The maximum Gasteiger partial charge on any atom is 0.253 e. The van der Waals surface area contributed by atoms with E-state index < -0.39 is 0 Å². The van der Waals surface area contributed by atoms with E-state index >= 15 is 0 Å². The second-order valence-corrected chi connectivity index (χ2v) is 4.36. The molecule has 1 aromatic carbocycles. The molecule has 0 atom stereocenters. The van der Waals surface area contributed by atoms with E-state index in [1.165, 1.54) is 10.6 Å². The average Bonchev–Trinajstić information content (AvgIpc) is 2.39. The van der Waals surface area contributed by atoms with Crippen LogP contribution >= 0.6 is 0 Å². The molecule has 0 fully saturated rings.